The van der Waals surface area contributed by atoms with Crippen LogP contribution in [-0.4, -0.2) is 32.6 Å². The van der Waals surface area contributed by atoms with Gasteiger partial charge in [0.05, 0.1) is 44.4 Å². The molecule has 0 N–H and O–H groups in total. The Morgan fingerprint density at radius 2 is 2.06 bits per heavy atom. The second-order valence-electron chi connectivity index (χ2n) is 6.85. The molecule has 0 spiro atoms. The number of pyridine rings is 1. The number of hydrogen-bond acceptors (Lipinski definition) is 4. The van der Waals surface area contributed by atoms with Gasteiger partial charge >= 0.3 is 0 Å². The van der Waals surface area contributed by atoms with Crippen molar-refractivity contribution in [3.8, 4) is 16.9 Å². The summed E-state index contributed by atoms with van der Waals surface area (Å²) in [6, 6.07) is 7.21. The molecular formula is C23H18F2N4O2. The summed E-state index contributed by atoms with van der Waals surface area (Å²) >= 11 is 0. The van der Waals surface area contributed by atoms with Crippen LogP contribution in [0, 0.1) is 11.6 Å². The van der Waals surface area contributed by atoms with E-state index in [9.17, 15) is 4.79 Å². The highest BCUT2D eigenvalue weighted by Gasteiger charge is 2.29. The van der Waals surface area contributed by atoms with E-state index >= 15 is 8.78 Å². The second-order valence-corrected chi connectivity index (χ2v) is 6.85. The number of amides is 1. The Morgan fingerprint density at radius 1 is 1.23 bits per heavy atom. The number of aromatic nitrogens is 3. The van der Waals surface area contributed by atoms with E-state index in [1.807, 2.05) is 0 Å². The average Bonchev–Trinajstić information content (AvgIpc) is 3.35. The van der Waals surface area contributed by atoms with Crippen LogP contribution < -0.4 is 4.74 Å². The van der Waals surface area contributed by atoms with Gasteiger partial charge in [0.2, 0.25) is 0 Å². The van der Waals surface area contributed by atoms with E-state index in [0.29, 0.717) is 9.58 Å². The van der Waals surface area contributed by atoms with Crippen molar-refractivity contribution in [1.29, 1.82) is 0 Å². The SMILES string of the molecule is [2H]C([2H])([2H])Oc1ccc(-c2cc(F)c(CN3C(=O)c4cccnc4C3([2H])[2H])c(F)c2)c2cnn(C([2H])([2H])[2H])c12. The van der Waals surface area contributed by atoms with Crippen molar-refractivity contribution in [2.75, 3.05) is 7.04 Å². The summed E-state index contributed by atoms with van der Waals surface area (Å²) < 4.78 is 98.1. The molecule has 1 amide bonds. The fraction of sp³-hybridized carbons (Fsp3) is 0.174. The molecule has 156 valence electrons. The number of aryl methyl sites for hydroxylation is 1. The maximum Gasteiger partial charge on any atom is 0.256 e. The van der Waals surface area contributed by atoms with Crippen LogP contribution in [0.2, 0.25) is 0 Å². The van der Waals surface area contributed by atoms with E-state index in [0.717, 1.165) is 18.3 Å². The van der Waals surface area contributed by atoms with Gasteiger partial charge in [-0.1, -0.05) is 0 Å². The highest BCUT2D eigenvalue weighted by Crippen LogP contribution is 2.35. The van der Waals surface area contributed by atoms with Gasteiger partial charge in [0.1, 0.15) is 22.9 Å². The van der Waals surface area contributed by atoms with Gasteiger partial charge in [-0.25, -0.2) is 8.78 Å². The molecule has 2 aromatic heterocycles. The number of ether oxygens (including phenoxy) is 1. The number of rotatable bonds is 4. The zero-order chi connectivity index (χ0) is 28.5. The standard InChI is InChI=1S/C23H18F2N4O2/c1-28-22-16(10-27-28)14(5-6-21(22)31-2)13-8-18(24)17(19(25)9-13)11-29-12-20-15(23(29)30)4-3-7-26-20/h3-10H,11-12H2,1-2H3/i1D3,2D3,12D2. The molecule has 0 saturated heterocycles. The lowest BCUT2D eigenvalue weighted by atomic mass is 9.99. The molecule has 1 aliphatic heterocycles. The number of methoxy groups -OCH3 is 1. The summed E-state index contributed by atoms with van der Waals surface area (Å²) in [7, 11) is -2.91. The minimum Gasteiger partial charge on any atom is -0.494 e. The normalized spacial score (nSPS) is 19.4. The number of fused-ring (bicyclic) bond motifs is 2. The van der Waals surface area contributed by atoms with Gasteiger partial charge in [0.15, 0.2) is 0 Å². The summed E-state index contributed by atoms with van der Waals surface area (Å²) in [6.07, 6.45) is 2.43. The van der Waals surface area contributed by atoms with Gasteiger partial charge in [-0.05, 0) is 47.5 Å². The van der Waals surface area contributed by atoms with Gasteiger partial charge in [-0.15, -0.1) is 0 Å². The molecule has 5 rings (SSSR count). The summed E-state index contributed by atoms with van der Waals surface area (Å²) in [6.45, 7) is -5.95. The van der Waals surface area contributed by atoms with Crippen molar-refractivity contribution >= 4 is 16.8 Å². The lowest BCUT2D eigenvalue weighted by Crippen LogP contribution is -2.24. The molecule has 1 aliphatic rings. The number of hydrogen-bond donors (Lipinski definition) is 0. The van der Waals surface area contributed by atoms with Crippen molar-refractivity contribution in [2.24, 2.45) is 6.98 Å². The number of halogens is 2. The largest absolute Gasteiger partial charge is 0.494 e. The third-order valence-electron chi connectivity index (χ3n) is 5.10. The van der Waals surface area contributed by atoms with E-state index in [1.165, 1.54) is 30.5 Å². The number of benzene rings is 2. The number of nitrogens with zero attached hydrogens (tertiary/aromatic N) is 4. The molecule has 4 aromatic rings. The molecule has 0 fully saturated rings. The summed E-state index contributed by atoms with van der Waals surface area (Å²) in [4.78, 5) is 17.4. The van der Waals surface area contributed by atoms with Gasteiger partial charge in [0, 0.05) is 28.2 Å². The predicted molar refractivity (Wildman–Crippen MR) is 110 cm³/mol. The van der Waals surface area contributed by atoms with E-state index in [-0.39, 0.29) is 39.0 Å². The highest BCUT2D eigenvalue weighted by molar-refractivity contribution is 5.98. The van der Waals surface area contributed by atoms with Crippen molar-refractivity contribution in [3.05, 3.63) is 77.2 Å². The second kappa shape index (κ2) is 7.16. The Labute approximate surface area is 187 Å². The average molecular weight is 428 g/mol. The van der Waals surface area contributed by atoms with Crippen LogP contribution in [0.15, 0.2) is 48.8 Å². The van der Waals surface area contributed by atoms with Crippen molar-refractivity contribution in [2.45, 2.75) is 13.0 Å². The van der Waals surface area contributed by atoms with E-state index < -0.39 is 50.2 Å². The highest BCUT2D eigenvalue weighted by atomic mass is 19.1. The molecule has 3 heterocycles. The molecule has 0 unspecified atom stereocenters. The zero-order valence-electron chi connectivity index (χ0n) is 23.7. The Bertz CT molecular complexity index is 1610. The van der Waals surface area contributed by atoms with Crippen LogP contribution in [0.25, 0.3) is 22.0 Å². The third kappa shape index (κ3) is 3.02. The number of carbonyl (C=O) groups is 1. The first kappa shape index (κ1) is 12.1. The minimum absolute atomic E-state index is 0.00652. The molecule has 6 nitrogen and oxygen atoms in total. The smallest absolute Gasteiger partial charge is 0.256 e. The fourth-order valence-corrected chi connectivity index (χ4v) is 3.61. The van der Waals surface area contributed by atoms with Crippen LogP contribution in [-0.2, 0) is 20.0 Å². The Morgan fingerprint density at radius 3 is 2.81 bits per heavy atom. The monoisotopic (exact) mass is 428 g/mol. The minimum atomic E-state index is -2.91. The zero-order valence-corrected chi connectivity index (χ0v) is 15.7. The van der Waals surface area contributed by atoms with Crippen molar-refractivity contribution in [3.63, 3.8) is 0 Å². The maximum atomic E-state index is 15.3. The summed E-state index contributed by atoms with van der Waals surface area (Å²) in [5.74, 6) is -3.26. The van der Waals surface area contributed by atoms with Crippen molar-refractivity contribution in [1.82, 2.24) is 19.7 Å². The molecule has 31 heavy (non-hydrogen) atoms. The van der Waals surface area contributed by atoms with Crippen LogP contribution in [0.1, 0.15) is 32.6 Å². The Balaban J connectivity index is 1.58. The van der Waals surface area contributed by atoms with Crippen LogP contribution in [0.3, 0.4) is 0 Å². The summed E-state index contributed by atoms with van der Waals surface area (Å²) in [5.41, 5.74) is -0.847. The molecule has 0 atom stereocenters. The lowest BCUT2D eigenvalue weighted by Gasteiger charge is -2.17. The summed E-state index contributed by atoms with van der Waals surface area (Å²) in [5, 5.41) is 3.89. The third-order valence-corrected chi connectivity index (χ3v) is 5.10. The molecule has 0 radical (unpaired) electrons. The topological polar surface area (TPSA) is 60.2 Å². The van der Waals surface area contributed by atoms with Gasteiger partial charge in [-0.3, -0.25) is 14.5 Å². The molecule has 0 aliphatic carbocycles. The van der Waals surface area contributed by atoms with Gasteiger partial charge < -0.3 is 9.64 Å². The predicted octanol–water partition coefficient (Wildman–Crippen LogP) is 4.08. The first-order valence-electron chi connectivity index (χ1n) is 13.1. The number of carbonyl (C=O) groups excluding carboxylic acids is 1. The fourth-order valence-electron chi connectivity index (χ4n) is 3.61. The van der Waals surface area contributed by atoms with Crippen LogP contribution in [0.5, 0.6) is 5.75 Å². The van der Waals surface area contributed by atoms with Crippen LogP contribution >= 0.6 is 0 Å². The Kier molecular flexibility index (Phi) is 2.80. The Hall–Kier alpha value is -3.81. The molecule has 2 aromatic carbocycles. The first-order valence-corrected chi connectivity index (χ1v) is 9.05. The van der Waals surface area contributed by atoms with E-state index in [4.69, 9.17) is 15.7 Å². The molecular weight excluding hydrogens is 402 g/mol. The molecule has 0 saturated carbocycles. The molecule has 8 heteroatoms. The van der Waals surface area contributed by atoms with E-state index in [2.05, 4.69) is 10.1 Å². The van der Waals surface area contributed by atoms with Crippen molar-refractivity contribution < 1.29 is 29.3 Å². The first-order chi connectivity index (χ1) is 18.1. The van der Waals surface area contributed by atoms with E-state index in [1.54, 1.807) is 0 Å². The lowest BCUT2D eigenvalue weighted by molar-refractivity contribution is 0.0763. The quantitative estimate of drug-likeness (QED) is 0.492. The van der Waals surface area contributed by atoms with Crippen LogP contribution in [0.4, 0.5) is 8.78 Å². The maximum absolute atomic E-state index is 15.3. The molecule has 0 bridgehead atoms. The van der Waals surface area contributed by atoms with Gasteiger partial charge in [-0.2, -0.15) is 5.10 Å². The van der Waals surface area contributed by atoms with Gasteiger partial charge in [0.25, 0.3) is 5.91 Å².